The molecule has 1 fully saturated rings. The minimum Gasteiger partial charge on any atom is -0.454 e. The van der Waals surface area contributed by atoms with Crippen LogP contribution >= 0.6 is 0 Å². The molecular formula is C24H26N6O6S. The zero-order valence-electron chi connectivity index (χ0n) is 20.2. The summed E-state index contributed by atoms with van der Waals surface area (Å²) in [5.41, 5.74) is 1.69. The maximum Gasteiger partial charge on any atom is 0.353 e. The molecule has 12 nitrogen and oxygen atoms in total. The molecule has 0 unspecified atom stereocenters. The first-order chi connectivity index (χ1) is 17.8. The van der Waals surface area contributed by atoms with Crippen LogP contribution in [0, 0.1) is 10.1 Å². The largest absolute Gasteiger partial charge is 0.454 e. The van der Waals surface area contributed by atoms with Gasteiger partial charge in [0.15, 0.2) is 21.3 Å². The number of aromatic nitrogens is 2. The van der Waals surface area contributed by atoms with Crippen molar-refractivity contribution in [3.05, 3.63) is 70.0 Å². The first kappa shape index (κ1) is 24.7. The van der Waals surface area contributed by atoms with Gasteiger partial charge in [-0.25, -0.2) is 18.4 Å². The van der Waals surface area contributed by atoms with Gasteiger partial charge in [0.2, 0.25) is 18.4 Å². The summed E-state index contributed by atoms with van der Waals surface area (Å²) in [6.07, 6.45) is 2.46. The van der Waals surface area contributed by atoms with Gasteiger partial charge < -0.3 is 19.7 Å². The Morgan fingerprint density at radius 1 is 1.00 bits per heavy atom. The Morgan fingerprint density at radius 3 is 2.41 bits per heavy atom. The van der Waals surface area contributed by atoms with Crippen LogP contribution in [0.25, 0.3) is 0 Å². The van der Waals surface area contributed by atoms with E-state index in [-0.39, 0.29) is 35.6 Å². The third kappa shape index (κ3) is 5.57. The van der Waals surface area contributed by atoms with Crippen LogP contribution in [0.1, 0.15) is 11.1 Å². The van der Waals surface area contributed by atoms with Crippen LogP contribution < -0.4 is 19.7 Å². The molecule has 1 N–H and O–H groups in total. The van der Waals surface area contributed by atoms with Gasteiger partial charge in [-0.2, -0.15) is 0 Å². The second-order valence-corrected chi connectivity index (χ2v) is 10.9. The standard InChI is InChI=1S/C24H26N6O6S/c1-37(33,34)19-5-2-17(3-6-19)13-25-23-22(30(31)32)24(27-15-26-23)29-10-8-28(9-11-29)14-18-4-7-20-21(12-18)36-16-35-20/h2-7,12,15H,8-11,13-14,16H2,1H3,(H,25,26,27). The molecule has 1 aromatic heterocycles. The van der Waals surface area contributed by atoms with Crippen LogP contribution in [0.4, 0.5) is 17.3 Å². The van der Waals surface area contributed by atoms with Gasteiger partial charge in [-0.3, -0.25) is 15.0 Å². The SMILES string of the molecule is CS(=O)(=O)c1ccc(CNc2ncnc(N3CCN(Cc4ccc5c(c4)OCO5)CC3)c2[N+](=O)[O-])cc1. The van der Waals surface area contributed by atoms with E-state index in [1.165, 1.54) is 18.5 Å². The zero-order valence-corrected chi connectivity index (χ0v) is 21.0. The summed E-state index contributed by atoms with van der Waals surface area (Å²) in [5, 5.41) is 15.0. The topological polar surface area (TPSA) is 140 Å². The molecule has 0 amide bonds. The highest BCUT2D eigenvalue weighted by Gasteiger charge is 2.29. The summed E-state index contributed by atoms with van der Waals surface area (Å²) in [7, 11) is -3.30. The number of benzene rings is 2. The molecule has 0 atom stereocenters. The number of nitro groups is 1. The maximum atomic E-state index is 12.0. The number of nitrogens with zero attached hydrogens (tertiary/aromatic N) is 5. The van der Waals surface area contributed by atoms with Crippen molar-refractivity contribution in [3.8, 4) is 11.5 Å². The maximum absolute atomic E-state index is 12.0. The van der Waals surface area contributed by atoms with Crippen LogP contribution in [0.15, 0.2) is 53.7 Å². The normalized spacial score (nSPS) is 15.5. The fourth-order valence-electron chi connectivity index (χ4n) is 4.35. The Labute approximate surface area is 213 Å². The van der Waals surface area contributed by atoms with E-state index in [1.807, 2.05) is 23.1 Å². The van der Waals surface area contributed by atoms with Crippen molar-refractivity contribution in [3.63, 3.8) is 0 Å². The lowest BCUT2D eigenvalue weighted by Gasteiger charge is -2.35. The Bertz CT molecular complexity index is 1410. The Morgan fingerprint density at radius 2 is 1.70 bits per heavy atom. The molecule has 3 heterocycles. The molecule has 37 heavy (non-hydrogen) atoms. The third-order valence-electron chi connectivity index (χ3n) is 6.31. The van der Waals surface area contributed by atoms with E-state index in [2.05, 4.69) is 20.2 Å². The molecule has 0 radical (unpaired) electrons. The lowest BCUT2D eigenvalue weighted by Crippen LogP contribution is -2.46. The van der Waals surface area contributed by atoms with Crippen molar-refractivity contribution in [2.24, 2.45) is 0 Å². The average molecular weight is 527 g/mol. The first-order valence-corrected chi connectivity index (χ1v) is 13.5. The molecule has 5 rings (SSSR count). The predicted molar refractivity (Wildman–Crippen MR) is 136 cm³/mol. The van der Waals surface area contributed by atoms with Gasteiger partial charge in [0.05, 0.1) is 9.82 Å². The van der Waals surface area contributed by atoms with Crippen LogP contribution in [0.3, 0.4) is 0 Å². The van der Waals surface area contributed by atoms with E-state index in [9.17, 15) is 18.5 Å². The minimum atomic E-state index is -3.30. The molecule has 3 aromatic rings. The lowest BCUT2D eigenvalue weighted by atomic mass is 10.1. The van der Waals surface area contributed by atoms with Crippen molar-refractivity contribution in [1.82, 2.24) is 14.9 Å². The number of hydrogen-bond donors (Lipinski definition) is 1. The number of piperazine rings is 1. The number of ether oxygens (including phenoxy) is 2. The monoisotopic (exact) mass is 526 g/mol. The number of anilines is 2. The number of sulfone groups is 1. The highest BCUT2D eigenvalue weighted by molar-refractivity contribution is 7.90. The van der Waals surface area contributed by atoms with Crippen molar-refractivity contribution >= 4 is 27.2 Å². The van der Waals surface area contributed by atoms with E-state index < -0.39 is 14.8 Å². The predicted octanol–water partition coefficient (Wildman–Crippen LogP) is 2.45. The second-order valence-electron chi connectivity index (χ2n) is 8.87. The van der Waals surface area contributed by atoms with Gasteiger partial charge in [-0.05, 0) is 35.4 Å². The quantitative estimate of drug-likeness (QED) is 0.342. The van der Waals surface area contributed by atoms with E-state index in [0.29, 0.717) is 26.2 Å². The third-order valence-corrected chi connectivity index (χ3v) is 7.44. The molecule has 1 saturated heterocycles. The van der Waals surface area contributed by atoms with Gasteiger partial charge in [0.25, 0.3) is 0 Å². The second kappa shape index (κ2) is 10.2. The summed E-state index contributed by atoms with van der Waals surface area (Å²) in [6, 6.07) is 12.3. The summed E-state index contributed by atoms with van der Waals surface area (Å²) < 4.78 is 34.1. The fraction of sp³-hybridized carbons (Fsp3) is 0.333. The molecule has 2 aliphatic heterocycles. The van der Waals surface area contributed by atoms with Gasteiger partial charge >= 0.3 is 5.69 Å². The number of hydrogen-bond acceptors (Lipinski definition) is 11. The van der Waals surface area contributed by atoms with E-state index >= 15 is 0 Å². The van der Waals surface area contributed by atoms with E-state index in [0.717, 1.165) is 35.4 Å². The van der Waals surface area contributed by atoms with E-state index in [1.54, 1.807) is 12.1 Å². The zero-order chi connectivity index (χ0) is 26.0. The van der Waals surface area contributed by atoms with Crippen LogP contribution in [0.2, 0.25) is 0 Å². The number of fused-ring (bicyclic) bond motifs is 1. The molecule has 13 heteroatoms. The molecule has 2 aromatic carbocycles. The van der Waals surface area contributed by atoms with Gasteiger partial charge in [0.1, 0.15) is 6.33 Å². The van der Waals surface area contributed by atoms with Crippen molar-refractivity contribution in [2.75, 3.05) is 49.4 Å². The number of nitrogens with one attached hydrogen (secondary N) is 1. The molecule has 194 valence electrons. The van der Waals surface area contributed by atoms with E-state index in [4.69, 9.17) is 9.47 Å². The fourth-order valence-corrected chi connectivity index (χ4v) is 4.98. The van der Waals surface area contributed by atoms with Gasteiger partial charge in [-0.1, -0.05) is 18.2 Å². The molecule has 2 aliphatic rings. The highest BCUT2D eigenvalue weighted by atomic mass is 32.2. The van der Waals surface area contributed by atoms with Crippen molar-refractivity contribution in [2.45, 2.75) is 18.0 Å². The first-order valence-electron chi connectivity index (χ1n) is 11.7. The van der Waals surface area contributed by atoms with Gasteiger partial charge in [-0.15, -0.1) is 0 Å². The minimum absolute atomic E-state index is 0.116. The molecular weight excluding hydrogens is 500 g/mol. The van der Waals surface area contributed by atoms with Crippen molar-refractivity contribution < 1.29 is 22.8 Å². The summed E-state index contributed by atoms with van der Waals surface area (Å²) >= 11 is 0. The summed E-state index contributed by atoms with van der Waals surface area (Å²) in [6.45, 7) is 3.80. The number of rotatable bonds is 8. The average Bonchev–Trinajstić information content (AvgIpc) is 3.35. The smallest absolute Gasteiger partial charge is 0.353 e. The highest BCUT2D eigenvalue weighted by Crippen LogP contribution is 2.34. The van der Waals surface area contributed by atoms with Crippen LogP contribution in [0.5, 0.6) is 11.5 Å². The molecule has 0 bridgehead atoms. The van der Waals surface area contributed by atoms with Crippen molar-refractivity contribution in [1.29, 1.82) is 0 Å². The lowest BCUT2D eigenvalue weighted by molar-refractivity contribution is -0.383. The molecule has 0 spiro atoms. The summed E-state index contributed by atoms with van der Waals surface area (Å²) in [4.78, 5) is 24.3. The summed E-state index contributed by atoms with van der Waals surface area (Å²) in [5.74, 6) is 1.89. The van der Waals surface area contributed by atoms with Crippen LogP contribution in [-0.4, -0.2) is 67.4 Å². The molecule has 0 aliphatic carbocycles. The molecule has 0 saturated carbocycles. The van der Waals surface area contributed by atoms with Gasteiger partial charge in [0, 0.05) is 45.5 Å². The van der Waals surface area contributed by atoms with Crippen LogP contribution in [-0.2, 0) is 22.9 Å². The Balaban J connectivity index is 1.24. The Hall–Kier alpha value is -3.97. The Kier molecular flexibility index (Phi) is 6.80.